The molecule has 0 spiro atoms. The number of anilines is 1. The van der Waals surface area contributed by atoms with Crippen molar-refractivity contribution < 1.29 is 9.59 Å². The Labute approximate surface area is 180 Å². The predicted molar refractivity (Wildman–Crippen MR) is 121 cm³/mol. The van der Waals surface area contributed by atoms with Gasteiger partial charge in [-0.3, -0.25) is 9.59 Å². The van der Waals surface area contributed by atoms with Crippen LogP contribution in [0.3, 0.4) is 0 Å². The Balaban J connectivity index is 1.54. The highest BCUT2D eigenvalue weighted by Crippen LogP contribution is 2.22. The van der Waals surface area contributed by atoms with Crippen LogP contribution in [-0.4, -0.2) is 44.2 Å². The molecule has 4 aromatic rings. The molecule has 7 nitrogen and oxygen atoms in total. The molecule has 0 saturated carbocycles. The number of rotatable bonds is 7. The second kappa shape index (κ2) is 8.87. The quantitative estimate of drug-likeness (QED) is 0.497. The molecule has 0 aliphatic heterocycles. The molecule has 31 heavy (non-hydrogen) atoms. The normalized spacial score (nSPS) is 10.9. The van der Waals surface area contributed by atoms with Gasteiger partial charge in [-0.05, 0) is 56.3 Å². The minimum Gasteiger partial charge on any atom is -0.342 e. The Morgan fingerprint density at radius 3 is 2.55 bits per heavy atom. The maximum Gasteiger partial charge on any atom is 0.257 e. The van der Waals surface area contributed by atoms with E-state index in [4.69, 9.17) is 0 Å². The summed E-state index contributed by atoms with van der Waals surface area (Å²) in [6.07, 6.45) is 5.39. The molecule has 2 amide bonds. The number of aromatic nitrogens is 3. The Hall–Kier alpha value is -3.87. The second-order valence-electron chi connectivity index (χ2n) is 7.21. The van der Waals surface area contributed by atoms with Crippen LogP contribution in [0.25, 0.3) is 16.6 Å². The molecule has 1 N–H and O–H groups in total. The summed E-state index contributed by atoms with van der Waals surface area (Å²) in [5.74, 6) is -0.114. The summed E-state index contributed by atoms with van der Waals surface area (Å²) in [4.78, 5) is 27.2. The van der Waals surface area contributed by atoms with Gasteiger partial charge >= 0.3 is 0 Å². The number of carbonyl (C=O) groups excluding carboxylic acids is 2. The van der Waals surface area contributed by atoms with Gasteiger partial charge in [-0.25, -0.2) is 4.68 Å². The van der Waals surface area contributed by atoms with Crippen molar-refractivity contribution in [1.29, 1.82) is 0 Å². The number of hydrogen-bond donors (Lipinski definition) is 1. The summed E-state index contributed by atoms with van der Waals surface area (Å²) in [5.41, 5.74) is 2.90. The van der Waals surface area contributed by atoms with Gasteiger partial charge in [0.2, 0.25) is 5.91 Å². The number of para-hydroxylation sites is 1. The Kier molecular flexibility index (Phi) is 5.84. The third-order valence-electron chi connectivity index (χ3n) is 5.35. The average molecular weight is 415 g/mol. The van der Waals surface area contributed by atoms with Gasteiger partial charge in [-0.1, -0.05) is 12.1 Å². The molecule has 0 aliphatic carbocycles. The zero-order valence-electron chi connectivity index (χ0n) is 17.7. The van der Waals surface area contributed by atoms with E-state index in [0.717, 1.165) is 10.9 Å². The molecular weight excluding hydrogens is 390 g/mol. The molecule has 0 atom stereocenters. The Morgan fingerprint density at radius 2 is 1.81 bits per heavy atom. The van der Waals surface area contributed by atoms with Crippen molar-refractivity contribution in [3.8, 4) is 5.69 Å². The van der Waals surface area contributed by atoms with Gasteiger partial charge in [0.15, 0.2) is 0 Å². The maximum absolute atomic E-state index is 13.0. The molecule has 0 aliphatic rings. The molecule has 0 radical (unpaired) electrons. The number of nitrogens with zero attached hydrogens (tertiary/aromatic N) is 4. The number of hydrogen-bond acceptors (Lipinski definition) is 3. The molecular formula is C24H25N5O2. The van der Waals surface area contributed by atoms with E-state index in [0.29, 0.717) is 36.6 Å². The van der Waals surface area contributed by atoms with Crippen molar-refractivity contribution in [3.05, 3.63) is 78.8 Å². The first kappa shape index (κ1) is 20.4. The molecule has 0 unspecified atom stereocenters. The molecule has 2 heterocycles. The van der Waals surface area contributed by atoms with Crippen molar-refractivity contribution in [2.75, 3.05) is 18.4 Å². The van der Waals surface area contributed by atoms with Gasteiger partial charge in [-0.2, -0.15) is 5.10 Å². The molecule has 7 heteroatoms. The molecule has 2 aromatic heterocycles. The second-order valence-corrected chi connectivity index (χ2v) is 7.21. The number of nitrogens with one attached hydrogen (secondary N) is 1. The van der Waals surface area contributed by atoms with Gasteiger partial charge in [0, 0.05) is 48.3 Å². The fourth-order valence-corrected chi connectivity index (χ4v) is 3.71. The van der Waals surface area contributed by atoms with Crippen LogP contribution in [-0.2, 0) is 11.3 Å². The molecule has 0 bridgehead atoms. The Morgan fingerprint density at radius 1 is 1.00 bits per heavy atom. The number of amides is 2. The maximum atomic E-state index is 13.0. The van der Waals surface area contributed by atoms with Crippen molar-refractivity contribution in [2.45, 2.75) is 20.4 Å². The largest absolute Gasteiger partial charge is 0.342 e. The van der Waals surface area contributed by atoms with Gasteiger partial charge in [-0.15, -0.1) is 0 Å². The van der Waals surface area contributed by atoms with Gasteiger partial charge < -0.3 is 14.8 Å². The van der Waals surface area contributed by atoms with E-state index in [2.05, 4.69) is 10.4 Å². The Bertz CT molecular complexity index is 1210. The molecule has 0 fully saturated rings. The highest BCUT2D eigenvalue weighted by atomic mass is 16.2. The topological polar surface area (TPSA) is 72.2 Å². The van der Waals surface area contributed by atoms with Gasteiger partial charge in [0.1, 0.15) is 6.54 Å². The van der Waals surface area contributed by atoms with Crippen molar-refractivity contribution in [2.24, 2.45) is 0 Å². The molecule has 0 saturated heterocycles. The molecule has 4 rings (SSSR count). The lowest BCUT2D eigenvalue weighted by atomic mass is 10.1. The lowest BCUT2D eigenvalue weighted by molar-refractivity contribution is -0.131. The number of fused-ring (bicyclic) bond motifs is 1. The van der Waals surface area contributed by atoms with E-state index in [1.807, 2.05) is 78.0 Å². The zero-order valence-corrected chi connectivity index (χ0v) is 17.7. The van der Waals surface area contributed by atoms with E-state index in [1.165, 1.54) is 0 Å². The highest BCUT2D eigenvalue weighted by Gasteiger charge is 2.15. The monoisotopic (exact) mass is 415 g/mol. The summed E-state index contributed by atoms with van der Waals surface area (Å²) in [5, 5.41) is 8.17. The van der Waals surface area contributed by atoms with E-state index < -0.39 is 0 Å². The van der Waals surface area contributed by atoms with E-state index in [1.54, 1.807) is 23.1 Å². The van der Waals surface area contributed by atoms with Crippen molar-refractivity contribution in [1.82, 2.24) is 19.2 Å². The standard InChI is InChI=1S/C24H25N5O2/c1-3-27(4-2)23(30)17-28-15-12-18-16-19(10-11-21(18)28)26-24(31)20-8-5-6-9-22(20)29-14-7-13-25-29/h5-16H,3-4,17H2,1-2H3,(H,26,31). The first-order chi connectivity index (χ1) is 15.1. The van der Waals surface area contributed by atoms with Crippen molar-refractivity contribution in [3.63, 3.8) is 0 Å². The SMILES string of the molecule is CCN(CC)C(=O)Cn1ccc2cc(NC(=O)c3ccccc3-n3cccn3)ccc21. The predicted octanol–water partition coefficient (Wildman–Crippen LogP) is 3.95. The summed E-state index contributed by atoms with van der Waals surface area (Å²) >= 11 is 0. The number of likely N-dealkylation sites (N-methyl/N-ethyl adjacent to an activating group) is 1. The lowest BCUT2D eigenvalue weighted by Crippen LogP contribution is -2.33. The van der Waals surface area contributed by atoms with Gasteiger partial charge in [0.05, 0.1) is 11.3 Å². The average Bonchev–Trinajstić information content (AvgIpc) is 3.45. The number of benzene rings is 2. The van der Waals surface area contributed by atoms with Crippen LogP contribution in [0.1, 0.15) is 24.2 Å². The van der Waals surface area contributed by atoms with Crippen molar-refractivity contribution >= 4 is 28.4 Å². The fourth-order valence-electron chi connectivity index (χ4n) is 3.71. The van der Waals surface area contributed by atoms with Crippen LogP contribution in [0.2, 0.25) is 0 Å². The van der Waals surface area contributed by atoms with Crippen LogP contribution < -0.4 is 5.32 Å². The summed E-state index contributed by atoms with van der Waals surface area (Å²) in [6.45, 7) is 5.66. The minimum atomic E-state index is -0.207. The van der Waals surface area contributed by atoms with Crippen LogP contribution in [0.4, 0.5) is 5.69 Å². The summed E-state index contributed by atoms with van der Waals surface area (Å²) in [6, 6.07) is 16.8. The van der Waals surface area contributed by atoms with E-state index in [9.17, 15) is 9.59 Å². The van der Waals surface area contributed by atoms with Crippen LogP contribution in [0, 0.1) is 0 Å². The molecule has 158 valence electrons. The number of carbonyl (C=O) groups is 2. The van der Waals surface area contributed by atoms with E-state index in [-0.39, 0.29) is 11.8 Å². The highest BCUT2D eigenvalue weighted by molar-refractivity contribution is 6.07. The lowest BCUT2D eigenvalue weighted by Gasteiger charge is -2.19. The molecule has 2 aromatic carbocycles. The first-order valence-corrected chi connectivity index (χ1v) is 10.4. The summed E-state index contributed by atoms with van der Waals surface area (Å²) in [7, 11) is 0. The van der Waals surface area contributed by atoms with Crippen LogP contribution >= 0.6 is 0 Å². The fraction of sp³-hybridized carbons (Fsp3) is 0.208. The van der Waals surface area contributed by atoms with Crippen LogP contribution in [0.5, 0.6) is 0 Å². The van der Waals surface area contributed by atoms with Gasteiger partial charge in [0.25, 0.3) is 5.91 Å². The third kappa shape index (κ3) is 4.21. The van der Waals surface area contributed by atoms with Crippen LogP contribution in [0.15, 0.2) is 73.2 Å². The smallest absolute Gasteiger partial charge is 0.257 e. The van der Waals surface area contributed by atoms with E-state index >= 15 is 0 Å². The summed E-state index contributed by atoms with van der Waals surface area (Å²) < 4.78 is 3.61. The minimum absolute atomic E-state index is 0.0927. The third-order valence-corrected chi connectivity index (χ3v) is 5.35. The first-order valence-electron chi connectivity index (χ1n) is 10.4. The zero-order chi connectivity index (χ0) is 21.8.